The quantitative estimate of drug-likeness (QED) is 0.718. The largest absolute Gasteiger partial charge is 0.349 e. The van der Waals surface area contributed by atoms with Gasteiger partial charge in [0.15, 0.2) is 0 Å². The summed E-state index contributed by atoms with van der Waals surface area (Å²) in [6.45, 7) is 2.74. The van der Waals surface area contributed by atoms with Crippen molar-refractivity contribution in [1.29, 1.82) is 0 Å². The molecule has 0 unspecified atom stereocenters. The number of benzene rings is 2. The van der Waals surface area contributed by atoms with Crippen molar-refractivity contribution in [2.75, 3.05) is 18.8 Å². The summed E-state index contributed by atoms with van der Waals surface area (Å²) in [6.07, 6.45) is 2.77. The van der Waals surface area contributed by atoms with Crippen molar-refractivity contribution in [3.63, 3.8) is 0 Å². The van der Waals surface area contributed by atoms with Crippen LogP contribution < -0.4 is 5.32 Å². The van der Waals surface area contributed by atoms with Crippen LogP contribution in [-0.4, -0.2) is 37.5 Å². The average Bonchev–Trinajstić information content (AvgIpc) is 2.75. The summed E-state index contributed by atoms with van der Waals surface area (Å²) in [5.74, 6) is -0.235. The molecule has 0 bridgehead atoms. The maximum absolute atomic E-state index is 12.8. The van der Waals surface area contributed by atoms with Crippen LogP contribution in [0.15, 0.2) is 60.7 Å². The van der Waals surface area contributed by atoms with Gasteiger partial charge in [-0.3, -0.25) is 4.79 Å². The second-order valence-corrected chi connectivity index (χ2v) is 9.83. The fourth-order valence-electron chi connectivity index (χ4n) is 3.80. The predicted octanol–water partition coefficient (Wildman–Crippen LogP) is 3.54. The fraction of sp³-hybridized carbons (Fsp3) is 0.435. The van der Waals surface area contributed by atoms with Crippen LogP contribution in [0, 0.1) is 5.92 Å². The van der Waals surface area contributed by atoms with Crippen LogP contribution in [0.3, 0.4) is 0 Å². The summed E-state index contributed by atoms with van der Waals surface area (Å²) in [5.41, 5.74) is 2.19. The lowest BCUT2D eigenvalue weighted by Gasteiger charge is -2.32. The molecule has 6 heteroatoms. The van der Waals surface area contributed by atoms with Crippen LogP contribution in [0.5, 0.6) is 0 Å². The van der Waals surface area contributed by atoms with Crippen LogP contribution in [0.2, 0.25) is 0 Å². The Balaban J connectivity index is 1.52. The van der Waals surface area contributed by atoms with Gasteiger partial charge in [-0.25, -0.2) is 12.7 Å². The Bertz CT molecular complexity index is 885. The van der Waals surface area contributed by atoms with Crippen molar-refractivity contribution in [3.05, 3.63) is 71.8 Å². The van der Waals surface area contributed by atoms with Gasteiger partial charge in [0.05, 0.1) is 17.7 Å². The van der Waals surface area contributed by atoms with Crippen molar-refractivity contribution in [3.8, 4) is 0 Å². The Labute approximate surface area is 174 Å². The Kier molecular flexibility index (Phi) is 7.45. The molecule has 2 aromatic carbocycles. The summed E-state index contributed by atoms with van der Waals surface area (Å²) in [4.78, 5) is 12.7. The molecular weight excluding hydrogens is 384 g/mol. The summed E-state index contributed by atoms with van der Waals surface area (Å²) < 4.78 is 27.1. The highest BCUT2D eigenvalue weighted by atomic mass is 32.2. The van der Waals surface area contributed by atoms with Gasteiger partial charge in [0, 0.05) is 13.1 Å². The first-order chi connectivity index (χ1) is 14.0. The lowest BCUT2D eigenvalue weighted by molar-refractivity contribution is -0.126. The highest BCUT2D eigenvalue weighted by Gasteiger charge is 2.32. The molecule has 29 heavy (non-hydrogen) atoms. The van der Waals surface area contributed by atoms with E-state index in [4.69, 9.17) is 0 Å². The molecule has 5 nitrogen and oxygen atoms in total. The normalized spacial score (nSPS) is 18.9. The van der Waals surface area contributed by atoms with Crippen LogP contribution in [0.1, 0.15) is 43.4 Å². The van der Waals surface area contributed by atoms with Gasteiger partial charge in [0.2, 0.25) is 15.9 Å². The van der Waals surface area contributed by atoms with E-state index in [9.17, 15) is 13.2 Å². The van der Waals surface area contributed by atoms with Gasteiger partial charge < -0.3 is 5.32 Å². The minimum absolute atomic E-state index is 0.0643. The van der Waals surface area contributed by atoms with Crippen molar-refractivity contribution in [1.82, 2.24) is 9.62 Å². The number of carbonyl (C=O) groups excluding carboxylic acids is 1. The predicted molar refractivity (Wildman–Crippen MR) is 116 cm³/mol. The molecule has 1 heterocycles. The number of sulfonamides is 1. The SMILES string of the molecule is C[C@@H](NC(=O)[C@@H]1CCCN(S(=O)(=O)CCCc2ccccc2)C1)c1ccccc1. The van der Waals surface area contributed by atoms with Gasteiger partial charge in [-0.05, 0) is 43.7 Å². The number of piperidine rings is 1. The zero-order valence-corrected chi connectivity index (χ0v) is 17.8. The van der Waals surface area contributed by atoms with E-state index in [1.54, 1.807) is 0 Å². The lowest BCUT2D eigenvalue weighted by Crippen LogP contribution is -2.46. The van der Waals surface area contributed by atoms with Crippen LogP contribution in [-0.2, 0) is 21.2 Å². The van der Waals surface area contributed by atoms with Crippen LogP contribution in [0.25, 0.3) is 0 Å². The van der Waals surface area contributed by atoms with E-state index in [-0.39, 0.29) is 30.2 Å². The van der Waals surface area contributed by atoms with E-state index < -0.39 is 10.0 Å². The second kappa shape index (κ2) is 10.0. The molecule has 2 atom stereocenters. The summed E-state index contributed by atoms with van der Waals surface area (Å²) in [5, 5.41) is 3.04. The van der Waals surface area contributed by atoms with Gasteiger partial charge in [0.1, 0.15) is 0 Å². The molecule has 3 rings (SSSR count). The highest BCUT2D eigenvalue weighted by molar-refractivity contribution is 7.89. The van der Waals surface area contributed by atoms with E-state index in [1.165, 1.54) is 4.31 Å². The van der Waals surface area contributed by atoms with E-state index in [0.717, 1.165) is 30.4 Å². The zero-order valence-electron chi connectivity index (χ0n) is 17.0. The Morgan fingerprint density at radius 2 is 1.76 bits per heavy atom. The number of aryl methyl sites for hydroxylation is 1. The van der Waals surface area contributed by atoms with Gasteiger partial charge in [-0.1, -0.05) is 60.7 Å². The minimum Gasteiger partial charge on any atom is -0.349 e. The first kappa shape index (κ1) is 21.5. The number of nitrogens with zero attached hydrogens (tertiary/aromatic N) is 1. The van der Waals surface area contributed by atoms with Crippen LogP contribution >= 0.6 is 0 Å². The molecule has 0 aromatic heterocycles. The van der Waals surface area contributed by atoms with E-state index in [2.05, 4.69) is 5.32 Å². The zero-order chi connectivity index (χ0) is 20.7. The summed E-state index contributed by atoms with van der Waals surface area (Å²) >= 11 is 0. The molecule has 0 saturated carbocycles. The van der Waals surface area contributed by atoms with Gasteiger partial charge in [-0.15, -0.1) is 0 Å². The Morgan fingerprint density at radius 1 is 1.10 bits per heavy atom. The monoisotopic (exact) mass is 414 g/mol. The molecule has 0 radical (unpaired) electrons. The molecule has 0 aliphatic carbocycles. The number of rotatable bonds is 8. The average molecular weight is 415 g/mol. The third-order valence-electron chi connectivity index (χ3n) is 5.52. The molecule has 1 aliphatic rings. The second-order valence-electron chi connectivity index (χ2n) is 7.74. The van der Waals surface area contributed by atoms with Gasteiger partial charge in [-0.2, -0.15) is 0 Å². The van der Waals surface area contributed by atoms with Crippen molar-refractivity contribution < 1.29 is 13.2 Å². The third-order valence-corrected chi connectivity index (χ3v) is 7.44. The molecule has 1 saturated heterocycles. The lowest BCUT2D eigenvalue weighted by atomic mass is 9.98. The molecule has 1 aliphatic heterocycles. The van der Waals surface area contributed by atoms with Crippen molar-refractivity contribution in [2.45, 2.75) is 38.6 Å². The number of hydrogen-bond acceptors (Lipinski definition) is 3. The number of nitrogens with one attached hydrogen (secondary N) is 1. The Morgan fingerprint density at radius 3 is 2.45 bits per heavy atom. The number of hydrogen-bond donors (Lipinski definition) is 1. The first-order valence-corrected chi connectivity index (χ1v) is 11.9. The molecule has 0 spiro atoms. The minimum atomic E-state index is -3.35. The number of carbonyl (C=O) groups is 1. The third kappa shape index (κ3) is 6.15. The smallest absolute Gasteiger partial charge is 0.224 e. The van der Waals surface area contributed by atoms with Crippen molar-refractivity contribution in [2.24, 2.45) is 5.92 Å². The fourth-order valence-corrected chi connectivity index (χ4v) is 5.38. The summed E-state index contributed by atoms with van der Waals surface area (Å²) in [6, 6.07) is 19.6. The van der Waals surface area contributed by atoms with E-state index in [1.807, 2.05) is 67.6 Å². The topological polar surface area (TPSA) is 66.5 Å². The number of amides is 1. The molecule has 2 aromatic rings. The van der Waals surface area contributed by atoms with Gasteiger partial charge in [0.25, 0.3) is 0 Å². The first-order valence-electron chi connectivity index (χ1n) is 10.3. The molecule has 1 amide bonds. The van der Waals surface area contributed by atoms with Gasteiger partial charge >= 0.3 is 0 Å². The Hall–Kier alpha value is -2.18. The molecule has 1 fully saturated rings. The highest BCUT2D eigenvalue weighted by Crippen LogP contribution is 2.22. The summed E-state index contributed by atoms with van der Waals surface area (Å²) in [7, 11) is -3.35. The standard InChI is InChI=1S/C23H30N2O3S/c1-19(21-13-6-3-7-14-21)24-23(26)22-15-8-16-25(18-22)29(27,28)17-9-12-20-10-4-2-5-11-20/h2-7,10-11,13-14,19,22H,8-9,12,15-18H2,1H3,(H,24,26)/t19-,22-/m1/s1. The van der Waals surface area contributed by atoms with Crippen molar-refractivity contribution >= 4 is 15.9 Å². The maximum Gasteiger partial charge on any atom is 0.224 e. The molecular formula is C23H30N2O3S. The van der Waals surface area contributed by atoms with Crippen LogP contribution in [0.4, 0.5) is 0 Å². The maximum atomic E-state index is 12.8. The molecule has 1 N–H and O–H groups in total. The van der Waals surface area contributed by atoms with E-state index >= 15 is 0 Å². The molecule has 156 valence electrons. The van der Waals surface area contributed by atoms with E-state index in [0.29, 0.717) is 13.0 Å².